The Morgan fingerprint density at radius 2 is 1.07 bits per heavy atom. The van der Waals surface area contributed by atoms with E-state index in [0.717, 1.165) is 12.8 Å². The smallest absolute Gasteiger partial charge is 0.310 e. The first-order valence-corrected chi connectivity index (χ1v) is 5.48. The van der Waals surface area contributed by atoms with Crippen LogP contribution in [0.3, 0.4) is 0 Å². The van der Waals surface area contributed by atoms with Gasteiger partial charge in [-0.25, -0.2) is 0 Å². The summed E-state index contributed by atoms with van der Waals surface area (Å²) in [6.07, 6.45) is 4.31. The number of carbonyl (C=O) groups is 2. The fourth-order valence-corrected chi connectivity index (χ4v) is 3.58. The first-order valence-electron chi connectivity index (χ1n) is 5.48. The highest BCUT2D eigenvalue weighted by molar-refractivity contribution is 5.86. The van der Waals surface area contributed by atoms with Gasteiger partial charge in [0.1, 0.15) is 0 Å². The van der Waals surface area contributed by atoms with Crippen LogP contribution in [0.15, 0.2) is 0 Å². The van der Waals surface area contributed by atoms with Gasteiger partial charge in [0.2, 0.25) is 0 Å². The summed E-state index contributed by atoms with van der Waals surface area (Å²) in [4.78, 5) is 22.5. The molecule has 4 nitrogen and oxygen atoms in total. The van der Waals surface area contributed by atoms with Crippen LogP contribution >= 0.6 is 0 Å². The molecule has 0 saturated heterocycles. The number of carboxylic acids is 2. The molecular formula is C11H14O4. The number of aliphatic carboxylic acids is 2. The molecule has 4 heteroatoms. The molecule has 3 aliphatic rings. The lowest BCUT2D eigenvalue weighted by Gasteiger charge is -2.29. The third-order valence-corrected chi connectivity index (χ3v) is 4.90. The fraction of sp³-hybridized carbons (Fsp3) is 0.818. The van der Waals surface area contributed by atoms with Crippen LogP contribution in [0.4, 0.5) is 0 Å². The van der Waals surface area contributed by atoms with Crippen LogP contribution in [0.1, 0.15) is 38.5 Å². The molecule has 0 spiro atoms. The number of rotatable bonds is 4. The SMILES string of the molecule is O=C(O)C1(C2(C3(C(=O)O)CC3)CC2)CC1. The Labute approximate surface area is 87.3 Å². The van der Waals surface area contributed by atoms with E-state index in [1.807, 2.05) is 0 Å². The Hall–Kier alpha value is -1.06. The van der Waals surface area contributed by atoms with Crippen molar-refractivity contribution < 1.29 is 19.8 Å². The monoisotopic (exact) mass is 210 g/mol. The second-order valence-electron chi connectivity index (χ2n) is 5.36. The van der Waals surface area contributed by atoms with E-state index in [0.29, 0.717) is 25.7 Å². The maximum atomic E-state index is 11.3. The van der Waals surface area contributed by atoms with E-state index >= 15 is 0 Å². The van der Waals surface area contributed by atoms with Gasteiger partial charge in [0.15, 0.2) is 0 Å². The summed E-state index contributed by atoms with van der Waals surface area (Å²) in [7, 11) is 0. The highest BCUT2D eigenvalue weighted by Crippen LogP contribution is 2.82. The highest BCUT2D eigenvalue weighted by Gasteiger charge is 2.82. The third-order valence-electron chi connectivity index (χ3n) is 4.90. The van der Waals surface area contributed by atoms with Gasteiger partial charge in [-0.05, 0) is 38.5 Å². The lowest BCUT2D eigenvalue weighted by atomic mass is 9.72. The van der Waals surface area contributed by atoms with Crippen molar-refractivity contribution in [1.29, 1.82) is 0 Å². The van der Waals surface area contributed by atoms with Crippen molar-refractivity contribution in [3.05, 3.63) is 0 Å². The summed E-state index contributed by atoms with van der Waals surface area (Å²) in [5.41, 5.74) is -1.75. The lowest BCUT2D eigenvalue weighted by Crippen LogP contribution is -2.38. The van der Waals surface area contributed by atoms with Crippen molar-refractivity contribution in [2.45, 2.75) is 38.5 Å². The van der Waals surface area contributed by atoms with Crippen LogP contribution in [-0.2, 0) is 9.59 Å². The predicted octanol–water partition coefficient (Wildman–Crippen LogP) is 1.50. The molecule has 0 unspecified atom stereocenters. The molecule has 0 radical (unpaired) electrons. The Kier molecular flexibility index (Phi) is 1.35. The molecule has 0 aromatic rings. The molecule has 0 atom stereocenters. The molecule has 3 saturated carbocycles. The van der Waals surface area contributed by atoms with Crippen molar-refractivity contribution in [2.24, 2.45) is 16.2 Å². The predicted molar refractivity (Wildman–Crippen MR) is 50.3 cm³/mol. The summed E-state index contributed by atoms with van der Waals surface area (Å²) in [6.45, 7) is 0. The Balaban J connectivity index is 1.99. The van der Waals surface area contributed by atoms with Crippen LogP contribution in [0.25, 0.3) is 0 Å². The van der Waals surface area contributed by atoms with Crippen LogP contribution in [-0.4, -0.2) is 22.2 Å². The first-order chi connectivity index (χ1) is 7.01. The van der Waals surface area contributed by atoms with Gasteiger partial charge in [0.25, 0.3) is 0 Å². The molecule has 0 aliphatic heterocycles. The molecule has 0 aromatic carbocycles. The maximum absolute atomic E-state index is 11.3. The minimum absolute atomic E-state index is 0.391. The third kappa shape index (κ3) is 0.802. The Morgan fingerprint density at radius 1 is 0.733 bits per heavy atom. The zero-order chi connectivity index (χ0) is 10.9. The van der Waals surface area contributed by atoms with Crippen LogP contribution < -0.4 is 0 Å². The fourth-order valence-electron chi connectivity index (χ4n) is 3.58. The van der Waals surface area contributed by atoms with Crippen LogP contribution in [0.2, 0.25) is 0 Å². The minimum Gasteiger partial charge on any atom is -0.481 e. The molecule has 0 bridgehead atoms. The summed E-state index contributed by atoms with van der Waals surface area (Å²) in [6, 6.07) is 0. The van der Waals surface area contributed by atoms with Gasteiger partial charge >= 0.3 is 11.9 Å². The first kappa shape index (κ1) is 9.19. The van der Waals surface area contributed by atoms with Crippen LogP contribution in [0.5, 0.6) is 0 Å². The lowest BCUT2D eigenvalue weighted by molar-refractivity contribution is -0.155. The van der Waals surface area contributed by atoms with E-state index < -0.39 is 28.2 Å². The summed E-state index contributed by atoms with van der Waals surface area (Å²) < 4.78 is 0. The standard InChI is InChI=1S/C11H14O4/c12-7(13)9(1-2-9)11(5-6-11)10(3-4-10)8(14)15/h1-6H2,(H,12,13)(H,14,15). The Bertz CT molecular complexity index is 327. The van der Waals surface area contributed by atoms with Crippen molar-refractivity contribution in [2.75, 3.05) is 0 Å². The van der Waals surface area contributed by atoms with Gasteiger partial charge in [0.05, 0.1) is 10.8 Å². The van der Waals surface area contributed by atoms with Gasteiger partial charge in [-0.1, -0.05) is 0 Å². The van der Waals surface area contributed by atoms with E-state index in [1.165, 1.54) is 0 Å². The molecule has 3 fully saturated rings. The average molecular weight is 210 g/mol. The average Bonchev–Trinajstić information content (AvgIpc) is 2.97. The zero-order valence-electron chi connectivity index (χ0n) is 8.45. The molecular weight excluding hydrogens is 196 g/mol. The van der Waals surface area contributed by atoms with Crippen LogP contribution in [0, 0.1) is 16.2 Å². The van der Waals surface area contributed by atoms with E-state index in [1.54, 1.807) is 0 Å². The van der Waals surface area contributed by atoms with E-state index in [-0.39, 0.29) is 0 Å². The molecule has 0 heterocycles. The maximum Gasteiger partial charge on any atom is 0.310 e. The van der Waals surface area contributed by atoms with E-state index in [4.69, 9.17) is 0 Å². The van der Waals surface area contributed by atoms with E-state index in [9.17, 15) is 19.8 Å². The van der Waals surface area contributed by atoms with Crippen molar-refractivity contribution in [3.63, 3.8) is 0 Å². The van der Waals surface area contributed by atoms with Crippen molar-refractivity contribution in [1.82, 2.24) is 0 Å². The highest BCUT2D eigenvalue weighted by atomic mass is 16.4. The second-order valence-corrected chi connectivity index (χ2v) is 5.36. The van der Waals surface area contributed by atoms with Gasteiger partial charge in [-0.3, -0.25) is 9.59 Å². The molecule has 15 heavy (non-hydrogen) atoms. The molecule has 82 valence electrons. The molecule has 0 aromatic heterocycles. The Morgan fingerprint density at radius 3 is 1.20 bits per heavy atom. The van der Waals surface area contributed by atoms with Crippen molar-refractivity contribution >= 4 is 11.9 Å². The van der Waals surface area contributed by atoms with Crippen molar-refractivity contribution in [3.8, 4) is 0 Å². The topological polar surface area (TPSA) is 74.6 Å². The van der Waals surface area contributed by atoms with Gasteiger partial charge in [0, 0.05) is 5.41 Å². The molecule has 2 N–H and O–H groups in total. The normalized spacial score (nSPS) is 31.7. The number of hydrogen-bond acceptors (Lipinski definition) is 2. The summed E-state index contributed by atoms with van der Waals surface area (Å²) in [5, 5.41) is 18.5. The number of hydrogen-bond donors (Lipinski definition) is 2. The van der Waals surface area contributed by atoms with E-state index in [2.05, 4.69) is 0 Å². The largest absolute Gasteiger partial charge is 0.481 e. The molecule has 3 aliphatic carbocycles. The summed E-state index contributed by atoms with van der Waals surface area (Å²) in [5.74, 6) is -1.54. The second kappa shape index (κ2) is 2.20. The molecule has 3 rings (SSSR count). The summed E-state index contributed by atoms with van der Waals surface area (Å²) >= 11 is 0. The minimum atomic E-state index is -0.771. The quantitative estimate of drug-likeness (QED) is 0.737. The molecule has 0 amide bonds. The van der Waals surface area contributed by atoms with Gasteiger partial charge < -0.3 is 10.2 Å². The van der Waals surface area contributed by atoms with Gasteiger partial charge in [-0.15, -0.1) is 0 Å². The van der Waals surface area contributed by atoms with Gasteiger partial charge in [-0.2, -0.15) is 0 Å². The zero-order valence-corrected chi connectivity index (χ0v) is 8.45. The number of carboxylic acid groups (broad SMARTS) is 2.